The number of likely N-dealkylation sites (tertiary alicyclic amines) is 1. The molecule has 1 aromatic rings. The minimum absolute atomic E-state index is 0. The minimum atomic E-state index is -0.438. The second kappa shape index (κ2) is 9.50. The molecule has 2 amide bonds. The number of rotatable bonds is 7. The van der Waals surface area contributed by atoms with Crippen LogP contribution in [0.2, 0.25) is 0 Å². The molecule has 1 fully saturated rings. The number of nitrogens with one attached hydrogen (secondary N) is 1. The predicted molar refractivity (Wildman–Crippen MR) is 90.1 cm³/mol. The highest BCUT2D eigenvalue weighted by Gasteiger charge is 2.32. The van der Waals surface area contributed by atoms with E-state index < -0.39 is 6.04 Å². The SMILES string of the molecule is COC(CN)CC(=O)NC1CCN(Cc2ccccc2)C1=O.Cl. The highest BCUT2D eigenvalue weighted by atomic mass is 35.5. The van der Waals surface area contributed by atoms with Gasteiger partial charge in [-0.15, -0.1) is 12.4 Å². The number of hydrogen-bond donors (Lipinski definition) is 2. The average molecular weight is 342 g/mol. The van der Waals surface area contributed by atoms with Crippen LogP contribution in [0.4, 0.5) is 0 Å². The summed E-state index contributed by atoms with van der Waals surface area (Å²) in [7, 11) is 1.52. The Labute approximate surface area is 142 Å². The largest absolute Gasteiger partial charge is 0.380 e. The van der Waals surface area contributed by atoms with Gasteiger partial charge in [-0.3, -0.25) is 9.59 Å². The van der Waals surface area contributed by atoms with Crippen LogP contribution in [-0.2, 0) is 20.9 Å². The third-order valence-electron chi connectivity index (χ3n) is 3.86. The Balaban J connectivity index is 0.00000264. The molecule has 6 nitrogen and oxygen atoms in total. The van der Waals surface area contributed by atoms with E-state index in [1.165, 1.54) is 7.11 Å². The van der Waals surface area contributed by atoms with Gasteiger partial charge in [0.2, 0.25) is 11.8 Å². The van der Waals surface area contributed by atoms with Gasteiger partial charge in [0.1, 0.15) is 6.04 Å². The quantitative estimate of drug-likeness (QED) is 0.764. The highest BCUT2D eigenvalue weighted by molar-refractivity contribution is 5.89. The van der Waals surface area contributed by atoms with Gasteiger partial charge in [-0.2, -0.15) is 0 Å². The van der Waals surface area contributed by atoms with Crippen LogP contribution in [0, 0.1) is 0 Å². The molecule has 23 heavy (non-hydrogen) atoms. The topological polar surface area (TPSA) is 84.7 Å². The Morgan fingerprint density at radius 2 is 2.13 bits per heavy atom. The van der Waals surface area contributed by atoms with E-state index in [-0.39, 0.29) is 43.3 Å². The van der Waals surface area contributed by atoms with Crippen LogP contribution in [0.25, 0.3) is 0 Å². The van der Waals surface area contributed by atoms with Crippen LogP contribution in [0.1, 0.15) is 18.4 Å². The third-order valence-corrected chi connectivity index (χ3v) is 3.86. The first-order valence-electron chi connectivity index (χ1n) is 7.49. The Morgan fingerprint density at radius 1 is 1.43 bits per heavy atom. The monoisotopic (exact) mass is 341 g/mol. The van der Waals surface area contributed by atoms with Gasteiger partial charge in [-0.25, -0.2) is 0 Å². The summed E-state index contributed by atoms with van der Waals surface area (Å²) >= 11 is 0. The molecule has 2 rings (SSSR count). The predicted octanol–water partition coefficient (Wildman–Crippen LogP) is 0.689. The van der Waals surface area contributed by atoms with Crippen LogP contribution in [0.3, 0.4) is 0 Å². The number of amides is 2. The molecule has 1 aliphatic rings. The summed E-state index contributed by atoms with van der Waals surface area (Å²) in [4.78, 5) is 26.0. The smallest absolute Gasteiger partial charge is 0.245 e. The number of halogens is 1. The lowest BCUT2D eigenvalue weighted by atomic mass is 10.2. The summed E-state index contributed by atoms with van der Waals surface area (Å²) in [6, 6.07) is 9.39. The number of carbonyl (C=O) groups is 2. The number of nitrogens with two attached hydrogens (primary N) is 1. The summed E-state index contributed by atoms with van der Waals surface area (Å²) in [6.45, 7) is 1.52. The maximum absolute atomic E-state index is 12.3. The van der Waals surface area contributed by atoms with Crippen molar-refractivity contribution in [2.24, 2.45) is 5.73 Å². The fourth-order valence-corrected chi connectivity index (χ4v) is 2.56. The van der Waals surface area contributed by atoms with Crippen molar-refractivity contribution in [2.45, 2.75) is 31.5 Å². The van der Waals surface area contributed by atoms with E-state index >= 15 is 0 Å². The van der Waals surface area contributed by atoms with Gasteiger partial charge < -0.3 is 20.7 Å². The fourth-order valence-electron chi connectivity index (χ4n) is 2.56. The van der Waals surface area contributed by atoms with Crippen LogP contribution in [-0.4, -0.2) is 49.1 Å². The second-order valence-electron chi connectivity index (χ2n) is 5.45. The number of ether oxygens (including phenoxy) is 1. The third kappa shape index (κ3) is 5.49. The lowest BCUT2D eigenvalue weighted by Gasteiger charge is -2.18. The fraction of sp³-hybridized carbons (Fsp3) is 0.500. The molecule has 0 aromatic heterocycles. The van der Waals surface area contributed by atoms with Crippen molar-refractivity contribution in [1.82, 2.24) is 10.2 Å². The Kier molecular flexibility index (Phi) is 8.02. The molecule has 0 saturated carbocycles. The molecule has 1 saturated heterocycles. The van der Waals surface area contributed by atoms with Crippen LogP contribution >= 0.6 is 12.4 Å². The lowest BCUT2D eigenvalue weighted by Crippen LogP contribution is -2.43. The van der Waals surface area contributed by atoms with Crippen molar-refractivity contribution < 1.29 is 14.3 Å². The second-order valence-corrected chi connectivity index (χ2v) is 5.45. The molecule has 1 aliphatic heterocycles. The van der Waals surface area contributed by atoms with Crippen LogP contribution in [0.5, 0.6) is 0 Å². The number of hydrogen-bond acceptors (Lipinski definition) is 4. The zero-order chi connectivity index (χ0) is 15.9. The van der Waals surface area contributed by atoms with Crippen molar-refractivity contribution in [1.29, 1.82) is 0 Å². The van der Waals surface area contributed by atoms with Gasteiger partial charge >= 0.3 is 0 Å². The summed E-state index contributed by atoms with van der Waals surface area (Å²) in [6.07, 6.45) is 0.504. The molecule has 128 valence electrons. The highest BCUT2D eigenvalue weighted by Crippen LogP contribution is 2.15. The number of benzene rings is 1. The molecular formula is C16H24ClN3O3. The molecule has 7 heteroatoms. The summed E-state index contributed by atoms with van der Waals surface area (Å²) < 4.78 is 5.08. The van der Waals surface area contributed by atoms with Crippen molar-refractivity contribution >= 4 is 24.2 Å². The van der Waals surface area contributed by atoms with Gasteiger partial charge in [0.15, 0.2) is 0 Å². The normalized spacial score (nSPS) is 18.4. The Morgan fingerprint density at radius 3 is 2.74 bits per heavy atom. The van der Waals surface area contributed by atoms with Crippen LogP contribution in [0.15, 0.2) is 30.3 Å². The van der Waals surface area contributed by atoms with Crippen molar-refractivity contribution in [3.8, 4) is 0 Å². The first kappa shape index (κ1) is 19.4. The number of nitrogens with zero attached hydrogens (tertiary/aromatic N) is 1. The number of carbonyl (C=O) groups excluding carboxylic acids is 2. The molecule has 1 heterocycles. The molecular weight excluding hydrogens is 318 g/mol. The van der Waals surface area contributed by atoms with E-state index in [1.807, 2.05) is 30.3 Å². The maximum Gasteiger partial charge on any atom is 0.245 e. The molecule has 0 aliphatic carbocycles. The Hall–Kier alpha value is -1.63. The van der Waals surface area contributed by atoms with Gasteiger partial charge in [-0.1, -0.05) is 30.3 Å². The summed E-state index contributed by atoms with van der Waals surface area (Å²) in [5, 5.41) is 2.78. The average Bonchev–Trinajstić information content (AvgIpc) is 2.87. The van der Waals surface area contributed by atoms with Gasteiger partial charge in [0.05, 0.1) is 12.5 Å². The molecule has 3 N–H and O–H groups in total. The van der Waals surface area contributed by atoms with E-state index in [0.29, 0.717) is 19.5 Å². The summed E-state index contributed by atoms with van der Waals surface area (Å²) in [5.74, 6) is -0.226. The van der Waals surface area contributed by atoms with Crippen LogP contribution < -0.4 is 11.1 Å². The maximum atomic E-state index is 12.3. The van der Waals surface area contributed by atoms with E-state index in [2.05, 4.69) is 5.32 Å². The van der Waals surface area contributed by atoms with E-state index in [1.54, 1.807) is 4.90 Å². The van der Waals surface area contributed by atoms with E-state index in [9.17, 15) is 9.59 Å². The first-order valence-corrected chi connectivity index (χ1v) is 7.49. The molecule has 2 unspecified atom stereocenters. The molecule has 0 bridgehead atoms. The standard InChI is InChI=1S/C16H23N3O3.ClH/c1-22-13(10-17)9-15(20)18-14-7-8-19(16(14)21)11-12-5-3-2-4-6-12;/h2-6,13-14H,7-11,17H2,1H3,(H,18,20);1H. The molecule has 2 atom stereocenters. The minimum Gasteiger partial charge on any atom is -0.380 e. The first-order chi connectivity index (χ1) is 10.6. The lowest BCUT2D eigenvalue weighted by molar-refractivity contribution is -0.133. The van der Waals surface area contributed by atoms with Crippen molar-refractivity contribution in [3.63, 3.8) is 0 Å². The molecule has 0 radical (unpaired) electrons. The molecule has 0 spiro atoms. The zero-order valence-corrected chi connectivity index (χ0v) is 14.1. The molecule has 1 aromatic carbocycles. The van der Waals surface area contributed by atoms with Crippen molar-refractivity contribution in [2.75, 3.05) is 20.2 Å². The van der Waals surface area contributed by atoms with E-state index in [0.717, 1.165) is 5.56 Å². The van der Waals surface area contributed by atoms with E-state index in [4.69, 9.17) is 10.5 Å². The Bertz CT molecular complexity index is 509. The van der Waals surface area contributed by atoms with Gasteiger partial charge in [-0.05, 0) is 12.0 Å². The van der Waals surface area contributed by atoms with Gasteiger partial charge in [0.25, 0.3) is 0 Å². The van der Waals surface area contributed by atoms with Crippen molar-refractivity contribution in [3.05, 3.63) is 35.9 Å². The zero-order valence-electron chi connectivity index (χ0n) is 13.2. The number of methoxy groups -OCH3 is 1. The summed E-state index contributed by atoms with van der Waals surface area (Å²) in [5.41, 5.74) is 6.58. The van der Waals surface area contributed by atoms with Gasteiger partial charge in [0, 0.05) is 26.7 Å².